The van der Waals surface area contributed by atoms with E-state index in [4.69, 9.17) is 10.2 Å². The van der Waals surface area contributed by atoms with Gasteiger partial charge in [-0.05, 0) is 6.92 Å². The highest BCUT2D eigenvalue weighted by atomic mass is 32.1. The molecule has 9 heteroatoms. The van der Waals surface area contributed by atoms with Gasteiger partial charge in [0, 0.05) is 17.3 Å². The maximum Gasteiger partial charge on any atom is 0.326 e. The molecule has 20 heavy (non-hydrogen) atoms. The Balaban J connectivity index is 2.15. The molecule has 1 atom stereocenters. The summed E-state index contributed by atoms with van der Waals surface area (Å²) >= 11 is 1.39. The van der Waals surface area contributed by atoms with E-state index in [0.29, 0.717) is 4.96 Å². The molecule has 0 aliphatic carbocycles. The summed E-state index contributed by atoms with van der Waals surface area (Å²) in [5.41, 5.74) is 0.0490. The summed E-state index contributed by atoms with van der Waals surface area (Å²) in [6.45, 7) is 1.90. The second kappa shape index (κ2) is 5.29. The molecule has 3 N–H and O–H groups in total. The molecule has 0 bridgehead atoms. The molecule has 0 aliphatic rings. The van der Waals surface area contributed by atoms with Crippen molar-refractivity contribution in [3.63, 3.8) is 0 Å². The van der Waals surface area contributed by atoms with Crippen molar-refractivity contribution < 1.29 is 24.6 Å². The lowest BCUT2D eigenvalue weighted by atomic mass is 10.2. The van der Waals surface area contributed by atoms with Crippen LogP contribution < -0.4 is 5.32 Å². The third-order valence-electron chi connectivity index (χ3n) is 2.49. The maximum absolute atomic E-state index is 11.9. The third kappa shape index (κ3) is 2.94. The molecule has 0 aromatic carbocycles. The van der Waals surface area contributed by atoms with E-state index in [9.17, 15) is 14.4 Å². The maximum atomic E-state index is 11.9. The van der Waals surface area contributed by atoms with Gasteiger partial charge in [0.05, 0.1) is 6.42 Å². The van der Waals surface area contributed by atoms with E-state index in [0.717, 1.165) is 4.88 Å². The molecular weight excluding hydrogens is 286 g/mol. The summed E-state index contributed by atoms with van der Waals surface area (Å²) < 4.78 is 1.65. The van der Waals surface area contributed by atoms with Crippen molar-refractivity contribution in [3.05, 3.63) is 23.0 Å². The van der Waals surface area contributed by atoms with Crippen LogP contribution in [0.25, 0.3) is 4.96 Å². The van der Waals surface area contributed by atoms with Gasteiger partial charge >= 0.3 is 11.9 Å². The zero-order chi connectivity index (χ0) is 14.9. The number of aryl methyl sites for hydroxylation is 1. The molecule has 0 saturated carbocycles. The fourth-order valence-electron chi connectivity index (χ4n) is 1.63. The first-order chi connectivity index (χ1) is 9.36. The van der Waals surface area contributed by atoms with Crippen LogP contribution in [0.4, 0.5) is 0 Å². The number of imidazole rings is 1. The van der Waals surface area contributed by atoms with E-state index in [1.54, 1.807) is 10.6 Å². The van der Waals surface area contributed by atoms with Crippen LogP contribution in [0.1, 0.15) is 21.8 Å². The van der Waals surface area contributed by atoms with E-state index in [-0.39, 0.29) is 5.69 Å². The van der Waals surface area contributed by atoms with Crippen LogP contribution in [0.15, 0.2) is 12.4 Å². The number of aromatic nitrogens is 2. The van der Waals surface area contributed by atoms with Crippen LogP contribution >= 0.6 is 11.3 Å². The van der Waals surface area contributed by atoms with Crippen LogP contribution in [0.5, 0.6) is 0 Å². The van der Waals surface area contributed by atoms with Gasteiger partial charge < -0.3 is 15.5 Å². The first kappa shape index (κ1) is 14.0. The first-order valence-corrected chi connectivity index (χ1v) is 6.39. The molecule has 2 heterocycles. The van der Waals surface area contributed by atoms with Crippen LogP contribution in [0, 0.1) is 6.92 Å². The van der Waals surface area contributed by atoms with Gasteiger partial charge in [0.25, 0.3) is 5.91 Å². The van der Waals surface area contributed by atoms with Crippen molar-refractivity contribution in [1.29, 1.82) is 0 Å². The van der Waals surface area contributed by atoms with E-state index in [2.05, 4.69) is 10.3 Å². The van der Waals surface area contributed by atoms with Crippen molar-refractivity contribution in [2.24, 2.45) is 0 Å². The highest BCUT2D eigenvalue weighted by Crippen LogP contribution is 2.16. The lowest BCUT2D eigenvalue weighted by Gasteiger charge is -2.10. The van der Waals surface area contributed by atoms with E-state index in [1.807, 2.05) is 6.92 Å². The Bertz CT molecular complexity index is 658. The molecule has 0 spiro atoms. The molecule has 0 saturated heterocycles. The van der Waals surface area contributed by atoms with E-state index < -0.39 is 30.3 Å². The van der Waals surface area contributed by atoms with Gasteiger partial charge in [-0.3, -0.25) is 14.0 Å². The Hall–Kier alpha value is -2.42. The number of fused-ring (bicyclic) bond motifs is 1. The minimum absolute atomic E-state index is 0.0490. The monoisotopic (exact) mass is 297 g/mol. The fourth-order valence-corrected chi connectivity index (χ4v) is 2.44. The number of rotatable bonds is 5. The van der Waals surface area contributed by atoms with Crippen molar-refractivity contribution in [3.8, 4) is 0 Å². The number of carbonyl (C=O) groups is 3. The van der Waals surface area contributed by atoms with Crippen molar-refractivity contribution >= 4 is 34.1 Å². The number of nitrogens with one attached hydrogen (secondary N) is 1. The molecule has 1 unspecified atom stereocenters. The Morgan fingerprint density at radius 1 is 1.40 bits per heavy atom. The Kier molecular flexibility index (Phi) is 3.70. The smallest absolute Gasteiger partial charge is 0.326 e. The van der Waals surface area contributed by atoms with Crippen LogP contribution in [-0.2, 0) is 9.59 Å². The number of carboxylic acid groups (broad SMARTS) is 2. The van der Waals surface area contributed by atoms with Gasteiger partial charge in [0.2, 0.25) is 0 Å². The standard InChI is InChI=1S/C11H11N3O5S/c1-5-3-14-4-7(13-11(14)20-5)9(17)12-6(10(18)19)2-8(15)16/h3-4,6H,2H2,1H3,(H,12,17)(H,15,16)(H,18,19). The van der Waals surface area contributed by atoms with Gasteiger partial charge in [0.15, 0.2) is 4.96 Å². The number of nitrogens with zero attached hydrogens (tertiary/aromatic N) is 2. The minimum Gasteiger partial charge on any atom is -0.481 e. The predicted octanol–water partition coefficient (Wildman–Crippen LogP) is 0.362. The number of carbonyl (C=O) groups excluding carboxylic acids is 1. The average Bonchev–Trinajstić information content (AvgIpc) is 2.84. The highest BCUT2D eigenvalue weighted by Gasteiger charge is 2.24. The van der Waals surface area contributed by atoms with Gasteiger partial charge in [-0.15, -0.1) is 11.3 Å². The predicted molar refractivity (Wildman–Crippen MR) is 68.9 cm³/mol. The number of amides is 1. The first-order valence-electron chi connectivity index (χ1n) is 5.57. The number of aliphatic carboxylic acids is 2. The Morgan fingerprint density at radius 3 is 2.65 bits per heavy atom. The number of carboxylic acids is 2. The zero-order valence-electron chi connectivity index (χ0n) is 10.4. The number of hydrogen-bond donors (Lipinski definition) is 3. The Morgan fingerprint density at radius 2 is 2.10 bits per heavy atom. The summed E-state index contributed by atoms with van der Waals surface area (Å²) in [5, 5.41) is 19.6. The van der Waals surface area contributed by atoms with Gasteiger partial charge in [-0.25, -0.2) is 9.78 Å². The normalized spacial score (nSPS) is 12.2. The number of thiazole rings is 1. The molecule has 1 amide bonds. The number of hydrogen-bond acceptors (Lipinski definition) is 5. The van der Waals surface area contributed by atoms with Gasteiger partial charge in [-0.1, -0.05) is 0 Å². The minimum atomic E-state index is -1.48. The fraction of sp³-hybridized carbons (Fsp3) is 0.273. The molecule has 2 rings (SSSR count). The summed E-state index contributed by atoms with van der Waals surface area (Å²) in [4.78, 5) is 38.9. The molecule has 0 fully saturated rings. The second-order valence-corrected chi connectivity index (χ2v) is 5.33. The topological polar surface area (TPSA) is 121 Å². The highest BCUT2D eigenvalue weighted by molar-refractivity contribution is 7.17. The van der Waals surface area contributed by atoms with Gasteiger partial charge in [0.1, 0.15) is 11.7 Å². The quantitative estimate of drug-likeness (QED) is 0.732. The largest absolute Gasteiger partial charge is 0.481 e. The van der Waals surface area contributed by atoms with Crippen LogP contribution in [-0.4, -0.2) is 43.5 Å². The summed E-state index contributed by atoms with van der Waals surface area (Å²) in [6, 6.07) is -1.48. The van der Waals surface area contributed by atoms with E-state index >= 15 is 0 Å². The zero-order valence-corrected chi connectivity index (χ0v) is 11.2. The lowest BCUT2D eigenvalue weighted by molar-refractivity contribution is -0.145. The van der Waals surface area contributed by atoms with Gasteiger partial charge in [-0.2, -0.15) is 0 Å². The third-order valence-corrected chi connectivity index (χ3v) is 3.40. The van der Waals surface area contributed by atoms with Crippen molar-refractivity contribution in [2.45, 2.75) is 19.4 Å². The molecule has 2 aromatic rings. The van der Waals surface area contributed by atoms with Crippen molar-refractivity contribution in [1.82, 2.24) is 14.7 Å². The second-order valence-electron chi connectivity index (χ2n) is 4.12. The molecule has 0 radical (unpaired) electrons. The van der Waals surface area contributed by atoms with Crippen LogP contribution in [0.3, 0.4) is 0 Å². The molecule has 2 aromatic heterocycles. The Labute approximate surface area is 116 Å². The summed E-state index contributed by atoms with van der Waals surface area (Å²) in [5.74, 6) is -3.43. The molecule has 8 nitrogen and oxygen atoms in total. The molecular formula is C11H11N3O5S. The van der Waals surface area contributed by atoms with Crippen LogP contribution in [0.2, 0.25) is 0 Å². The lowest BCUT2D eigenvalue weighted by Crippen LogP contribution is -2.42. The molecule has 0 aliphatic heterocycles. The summed E-state index contributed by atoms with van der Waals surface area (Å²) in [6.07, 6.45) is 2.56. The average molecular weight is 297 g/mol. The SMILES string of the molecule is Cc1cn2cc(C(=O)NC(CC(=O)O)C(=O)O)nc2s1. The molecule has 106 valence electrons. The van der Waals surface area contributed by atoms with E-state index in [1.165, 1.54) is 17.5 Å². The summed E-state index contributed by atoms with van der Waals surface area (Å²) in [7, 11) is 0. The van der Waals surface area contributed by atoms with Crippen molar-refractivity contribution in [2.75, 3.05) is 0 Å².